The van der Waals surface area contributed by atoms with Crippen LogP contribution in [-0.4, -0.2) is 22.5 Å². The molecule has 2 heterocycles. The van der Waals surface area contributed by atoms with Crippen molar-refractivity contribution in [3.05, 3.63) is 17.8 Å². The lowest BCUT2D eigenvalue weighted by molar-refractivity contribution is 0.803. The van der Waals surface area contributed by atoms with Gasteiger partial charge >= 0.3 is 0 Å². The van der Waals surface area contributed by atoms with Crippen LogP contribution < -0.4 is 11.1 Å². The first kappa shape index (κ1) is 10.6. The van der Waals surface area contributed by atoms with E-state index in [9.17, 15) is 0 Å². The third kappa shape index (κ3) is 2.78. The van der Waals surface area contributed by atoms with Crippen molar-refractivity contribution in [2.45, 2.75) is 25.0 Å². The van der Waals surface area contributed by atoms with Crippen LogP contribution in [-0.2, 0) is 0 Å². The molecule has 0 radical (unpaired) electrons. The molecule has 3 nitrogen and oxygen atoms in total. The second-order valence-electron chi connectivity index (χ2n) is 3.94. The summed E-state index contributed by atoms with van der Waals surface area (Å²) >= 11 is 2.05. The molecule has 0 aliphatic carbocycles. The Morgan fingerprint density at radius 2 is 2.53 bits per heavy atom. The van der Waals surface area contributed by atoms with E-state index >= 15 is 0 Å². The van der Waals surface area contributed by atoms with Crippen LogP contribution in [0.15, 0.2) is 12.3 Å². The molecule has 1 fully saturated rings. The average Bonchev–Trinajstić information content (AvgIpc) is 2.73. The number of nitrogen functional groups attached to an aromatic ring is 1. The van der Waals surface area contributed by atoms with E-state index in [1.54, 1.807) is 6.20 Å². The molecule has 1 saturated heterocycles. The summed E-state index contributed by atoms with van der Waals surface area (Å²) in [5.74, 6) is 2.25. The molecule has 0 aromatic carbocycles. The van der Waals surface area contributed by atoms with E-state index in [1.165, 1.54) is 18.6 Å². The van der Waals surface area contributed by atoms with Gasteiger partial charge in [-0.2, -0.15) is 11.8 Å². The number of hydrogen-bond acceptors (Lipinski definition) is 4. The number of pyridine rings is 1. The van der Waals surface area contributed by atoms with Gasteiger partial charge < -0.3 is 11.1 Å². The van der Waals surface area contributed by atoms with Gasteiger partial charge in [-0.05, 0) is 37.1 Å². The minimum atomic E-state index is 0.754. The second-order valence-corrected chi connectivity index (χ2v) is 5.35. The van der Waals surface area contributed by atoms with Gasteiger partial charge in [-0.1, -0.05) is 0 Å². The molecule has 0 saturated carbocycles. The Hall–Kier alpha value is -0.900. The van der Waals surface area contributed by atoms with Crippen molar-refractivity contribution >= 4 is 23.3 Å². The van der Waals surface area contributed by atoms with Crippen LogP contribution in [0.1, 0.15) is 18.4 Å². The van der Waals surface area contributed by atoms with E-state index in [1.807, 2.05) is 13.0 Å². The number of rotatable bonds is 3. The van der Waals surface area contributed by atoms with E-state index in [0.29, 0.717) is 0 Å². The molecule has 1 aromatic rings. The lowest BCUT2D eigenvalue weighted by Gasteiger charge is -2.11. The van der Waals surface area contributed by atoms with Crippen molar-refractivity contribution in [3.8, 4) is 0 Å². The van der Waals surface area contributed by atoms with Gasteiger partial charge in [0.05, 0.1) is 11.9 Å². The molecule has 2 rings (SSSR count). The summed E-state index contributed by atoms with van der Waals surface area (Å²) in [6, 6.07) is 2.01. The van der Waals surface area contributed by atoms with Gasteiger partial charge in [0.15, 0.2) is 0 Å². The number of nitrogens with one attached hydrogen (secondary N) is 1. The number of nitrogens with zero attached hydrogens (tertiary/aromatic N) is 1. The molecule has 1 aliphatic rings. The second kappa shape index (κ2) is 4.75. The maximum Gasteiger partial charge on any atom is 0.126 e. The molecular formula is C11H17N3S. The zero-order chi connectivity index (χ0) is 10.7. The molecule has 82 valence electrons. The van der Waals surface area contributed by atoms with Gasteiger partial charge in [0, 0.05) is 11.8 Å². The van der Waals surface area contributed by atoms with Gasteiger partial charge in [-0.15, -0.1) is 0 Å². The van der Waals surface area contributed by atoms with Crippen molar-refractivity contribution in [2.24, 2.45) is 0 Å². The highest BCUT2D eigenvalue weighted by Gasteiger charge is 2.14. The minimum absolute atomic E-state index is 0.754. The van der Waals surface area contributed by atoms with Crippen molar-refractivity contribution in [1.29, 1.82) is 0 Å². The number of aryl methyl sites for hydroxylation is 1. The summed E-state index contributed by atoms with van der Waals surface area (Å²) in [4.78, 5) is 4.25. The quantitative estimate of drug-likeness (QED) is 0.825. The fourth-order valence-corrected chi connectivity index (χ4v) is 2.89. The Bertz CT molecular complexity index is 335. The summed E-state index contributed by atoms with van der Waals surface area (Å²) in [6.07, 6.45) is 4.40. The Balaban J connectivity index is 1.90. The predicted molar refractivity (Wildman–Crippen MR) is 67.4 cm³/mol. The van der Waals surface area contributed by atoms with E-state index in [-0.39, 0.29) is 0 Å². The topological polar surface area (TPSA) is 50.9 Å². The van der Waals surface area contributed by atoms with Gasteiger partial charge in [-0.3, -0.25) is 0 Å². The Morgan fingerprint density at radius 3 is 3.20 bits per heavy atom. The standard InChI is InChI=1S/C11H17N3S/c1-8-5-11(14-7-10(8)12)13-6-9-3-2-4-15-9/h5,7,9H,2-4,6,12H2,1H3,(H,13,14). The number of aromatic nitrogens is 1. The molecule has 1 atom stereocenters. The molecule has 15 heavy (non-hydrogen) atoms. The molecule has 0 bridgehead atoms. The minimum Gasteiger partial charge on any atom is -0.397 e. The smallest absolute Gasteiger partial charge is 0.126 e. The molecule has 0 spiro atoms. The number of nitrogens with two attached hydrogens (primary N) is 1. The first-order chi connectivity index (χ1) is 7.25. The number of thioether (sulfide) groups is 1. The van der Waals surface area contributed by atoms with Crippen molar-refractivity contribution < 1.29 is 0 Å². The van der Waals surface area contributed by atoms with E-state index in [2.05, 4.69) is 22.1 Å². The van der Waals surface area contributed by atoms with Crippen LogP contribution in [0.4, 0.5) is 11.5 Å². The summed E-state index contributed by atoms with van der Waals surface area (Å²) < 4.78 is 0. The maximum atomic E-state index is 5.71. The third-order valence-corrected chi connectivity index (χ3v) is 4.08. The third-order valence-electron chi connectivity index (χ3n) is 2.69. The predicted octanol–water partition coefficient (Wildman–Crippen LogP) is 2.28. The summed E-state index contributed by atoms with van der Waals surface area (Å²) in [5.41, 5.74) is 7.56. The summed E-state index contributed by atoms with van der Waals surface area (Å²) in [5, 5.41) is 4.12. The molecular weight excluding hydrogens is 206 g/mol. The van der Waals surface area contributed by atoms with Crippen molar-refractivity contribution in [2.75, 3.05) is 23.3 Å². The lowest BCUT2D eigenvalue weighted by atomic mass is 10.2. The molecule has 0 amide bonds. The van der Waals surface area contributed by atoms with Crippen molar-refractivity contribution in [1.82, 2.24) is 4.98 Å². The van der Waals surface area contributed by atoms with Crippen LogP contribution in [0.5, 0.6) is 0 Å². The molecule has 1 aromatic heterocycles. The molecule has 1 aliphatic heterocycles. The average molecular weight is 223 g/mol. The summed E-state index contributed by atoms with van der Waals surface area (Å²) in [7, 11) is 0. The molecule has 4 heteroatoms. The SMILES string of the molecule is Cc1cc(NCC2CCCS2)ncc1N. The highest BCUT2D eigenvalue weighted by atomic mass is 32.2. The van der Waals surface area contributed by atoms with Crippen LogP contribution in [0.2, 0.25) is 0 Å². The van der Waals surface area contributed by atoms with Crippen LogP contribution >= 0.6 is 11.8 Å². The fourth-order valence-electron chi connectivity index (χ4n) is 1.69. The van der Waals surface area contributed by atoms with Crippen LogP contribution in [0, 0.1) is 6.92 Å². The zero-order valence-corrected chi connectivity index (χ0v) is 9.81. The van der Waals surface area contributed by atoms with E-state index < -0.39 is 0 Å². The first-order valence-electron chi connectivity index (χ1n) is 5.33. The first-order valence-corrected chi connectivity index (χ1v) is 6.38. The Kier molecular flexibility index (Phi) is 3.36. The zero-order valence-electron chi connectivity index (χ0n) is 8.99. The van der Waals surface area contributed by atoms with Gasteiger partial charge in [-0.25, -0.2) is 4.98 Å². The molecule has 1 unspecified atom stereocenters. The summed E-state index contributed by atoms with van der Waals surface area (Å²) in [6.45, 7) is 3.02. The number of hydrogen-bond donors (Lipinski definition) is 2. The highest BCUT2D eigenvalue weighted by Crippen LogP contribution is 2.26. The highest BCUT2D eigenvalue weighted by molar-refractivity contribution is 8.00. The van der Waals surface area contributed by atoms with Gasteiger partial charge in [0.1, 0.15) is 5.82 Å². The van der Waals surface area contributed by atoms with Gasteiger partial charge in [0.25, 0.3) is 0 Å². The normalized spacial score (nSPS) is 20.5. The van der Waals surface area contributed by atoms with Crippen LogP contribution in [0.25, 0.3) is 0 Å². The number of anilines is 2. The van der Waals surface area contributed by atoms with Gasteiger partial charge in [0.2, 0.25) is 0 Å². The largest absolute Gasteiger partial charge is 0.397 e. The van der Waals surface area contributed by atoms with E-state index in [4.69, 9.17) is 5.73 Å². The molecule has 3 N–H and O–H groups in total. The Morgan fingerprint density at radius 1 is 1.67 bits per heavy atom. The van der Waals surface area contributed by atoms with Crippen LogP contribution in [0.3, 0.4) is 0 Å². The maximum absolute atomic E-state index is 5.71. The Labute approximate surface area is 94.8 Å². The van der Waals surface area contributed by atoms with E-state index in [0.717, 1.165) is 28.9 Å². The monoisotopic (exact) mass is 223 g/mol. The lowest BCUT2D eigenvalue weighted by Crippen LogP contribution is -2.14. The fraction of sp³-hybridized carbons (Fsp3) is 0.545. The van der Waals surface area contributed by atoms with Crippen molar-refractivity contribution in [3.63, 3.8) is 0 Å².